The number of hydrogen-bond acceptors (Lipinski definition) is 3. The van der Waals surface area contributed by atoms with Crippen LogP contribution in [0.4, 0.5) is 5.69 Å². The molecule has 0 atom stereocenters. The summed E-state index contributed by atoms with van der Waals surface area (Å²) < 4.78 is 5.82. The van der Waals surface area contributed by atoms with E-state index in [0.717, 1.165) is 5.56 Å². The number of nitrogens with one attached hydrogen (secondary N) is 1. The molecule has 0 aliphatic carbocycles. The van der Waals surface area contributed by atoms with Gasteiger partial charge in [-0.15, -0.1) is 0 Å². The fourth-order valence-corrected chi connectivity index (χ4v) is 3.58. The lowest BCUT2D eigenvalue weighted by Gasteiger charge is -2.30. The van der Waals surface area contributed by atoms with E-state index >= 15 is 0 Å². The second kappa shape index (κ2) is 9.25. The molecule has 1 N–H and O–H groups in total. The average molecular weight is 453 g/mol. The number of benzene rings is 3. The van der Waals surface area contributed by atoms with Crippen molar-refractivity contribution < 1.29 is 14.3 Å². The molecule has 7 heteroatoms. The van der Waals surface area contributed by atoms with Gasteiger partial charge < -0.3 is 10.1 Å². The highest BCUT2D eigenvalue weighted by Gasteiger charge is 2.31. The number of anilines is 1. The number of carbonyl (C=O) groups is 2. The Kier molecular flexibility index (Phi) is 6.26. The number of fused-ring (bicyclic) bond motifs is 1. The second-order valence-electron chi connectivity index (χ2n) is 6.86. The highest BCUT2D eigenvalue weighted by Crippen LogP contribution is 2.35. The van der Waals surface area contributed by atoms with Crippen LogP contribution in [0.1, 0.15) is 11.1 Å². The van der Waals surface area contributed by atoms with Gasteiger partial charge in [-0.1, -0.05) is 71.7 Å². The minimum absolute atomic E-state index is 0.0886. The number of amides is 2. The number of hydrogen-bond donors (Lipinski definition) is 1. The van der Waals surface area contributed by atoms with Crippen molar-refractivity contribution in [3.8, 4) is 5.75 Å². The van der Waals surface area contributed by atoms with Crippen LogP contribution >= 0.6 is 23.2 Å². The molecule has 1 aliphatic heterocycles. The lowest BCUT2D eigenvalue weighted by Crippen LogP contribution is -2.44. The summed E-state index contributed by atoms with van der Waals surface area (Å²) in [6.45, 7) is 0.102. The minimum atomic E-state index is -0.425. The van der Waals surface area contributed by atoms with E-state index in [1.807, 2.05) is 24.3 Å². The molecule has 2 amide bonds. The molecule has 0 spiro atoms. The van der Waals surface area contributed by atoms with Crippen molar-refractivity contribution in [3.05, 3.63) is 99.7 Å². The molecule has 0 fully saturated rings. The zero-order chi connectivity index (χ0) is 21.8. The van der Waals surface area contributed by atoms with Crippen LogP contribution in [-0.4, -0.2) is 18.4 Å². The molecule has 3 aromatic rings. The van der Waals surface area contributed by atoms with Crippen LogP contribution in [0.15, 0.2) is 78.6 Å². The molecular formula is C24H18Cl2N2O3. The van der Waals surface area contributed by atoms with Crippen LogP contribution in [0.3, 0.4) is 0 Å². The van der Waals surface area contributed by atoms with Crippen LogP contribution in [0.5, 0.6) is 5.75 Å². The van der Waals surface area contributed by atoms with Crippen molar-refractivity contribution in [3.63, 3.8) is 0 Å². The molecule has 3 aromatic carbocycles. The zero-order valence-corrected chi connectivity index (χ0v) is 17.9. The summed E-state index contributed by atoms with van der Waals surface area (Å²) in [5.41, 5.74) is 1.97. The first kappa shape index (κ1) is 21.0. The van der Waals surface area contributed by atoms with Gasteiger partial charge in [0.2, 0.25) is 5.91 Å². The molecule has 31 heavy (non-hydrogen) atoms. The summed E-state index contributed by atoms with van der Waals surface area (Å²) in [7, 11) is 0. The normalized spacial score (nSPS) is 14.2. The van der Waals surface area contributed by atoms with Gasteiger partial charge >= 0.3 is 0 Å². The first-order chi connectivity index (χ1) is 15.0. The van der Waals surface area contributed by atoms with Crippen molar-refractivity contribution in [2.45, 2.75) is 6.54 Å². The van der Waals surface area contributed by atoms with Gasteiger partial charge in [-0.05, 0) is 41.5 Å². The molecular weight excluding hydrogens is 435 g/mol. The largest absolute Gasteiger partial charge is 0.449 e. The predicted octanol–water partition coefficient (Wildman–Crippen LogP) is 5.08. The summed E-state index contributed by atoms with van der Waals surface area (Å²) >= 11 is 12.4. The van der Waals surface area contributed by atoms with Gasteiger partial charge in [0.25, 0.3) is 5.91 Å². The Morgan fingerprint density at radius 3 is 2.39 bits per heavy atom. The molecule has 0 saturated carbocycles. The Balaban J connectivity index is 1.57. The van der Waals surface area contributed by atoms with Crippen LogP contribution in [0.2, 0.25) is 10.0 Å². The highest BCUT2D eigenvalue weighted by molar-refractivity contribution is 6.32. The maximum Gasteiger partial charge on any atom is 0.294 e. The molecule has 1 aliphatic rings. The first-order valence-electron chi connectivity index (χ1n) is 9.58. The quantitative estimate of drug-likeness (QED) is 0.549. The van der Waals surface area contributed by atoms with E-state index in [1.54, 1.807) is 54.6 Å². The third kappa shape index (κ3) is 4.74. The molecule has 0 aromatic heterocycles. The van der Waals surface area contributed by atoms with Gasteiger partial charge in [0, 0.05) is 16.6 Å². The number of nitrogens with zero attached hydrogens (tertiary/aromatic N) is 1. The molecule has 0 bridgehead atoms. The van der Waals surface area contributed by atoms with Crippen molar-refractivity contribution in [2.75, 3.05) is 11.4 Å². The van der Waals surface area contributed by atoms with Crippen molar-refractivity contribution in [2.24, 2.45) is 0 Å². The van der Waals surface area contributed by atoms with Gasteiger partial charge in [-0.25, -0.2) is 0 Å². The lowest BCUT2D eigenvalue weighted by molar-refractivity contribution is -0.123. The van der Waals surface area contributed by atoms with Crippen molar-refractivity contribution >= 4 is 46.8 Å². The average Bonchev–Trinajstić information content (AvgIpc) is 2.77. The van der Waals surface area contributed by atoms with Crippen LogP contribution in [-0.2, 0) is 16.1 Å². The summed E-state index contributed by atoms with van der Waals surface area (Å²) in [4.78, 5) is 27.2. The van der Waals surface area contributed by atoms with Gasteiger partial charge in [-0.3, -0.25) is 14.5 Å². The molecule has 1 heterocycles. The Morgan fingerprint density at radius 2 is 1.61 bits per heavy atom. The van der Waals surface area contributed by atoms with Crippen molar-refractivity contribution in [1.82, 2.24) is 5.32 Å². The SMILES string of the molecule is O=C(CN1C(=O)/C(=C\c2ccccc2Cl)Oc2ccccc21)NCc1ccccc1Cl. The number of ether oxygens (including phenoxy) is 1. The number of para-hydroxylation sites is 2. The Hall–Kier alpha value is -3.28. The number of carbonyl (C=O) groups excluding carboxylic acids is 2. The lowest BCUT2D eigenvalue weighted by atomic mass is 10.1. The van der Waals surface area contributed by atoms with Gasteiger partial charge in [0.05, 0.1) is 5.69 Å². The summed E-state index contributed by atoms with van der Waals surface area (Å²) in [6.07, 6.45) is 1.58. The Morgan fingerprint density at radius 1 is 0.935 bits per heavy atom. The summed E-state index contributed by atoms with van der Waals surface area (Å²) in [5.74, 6) is -0.168. The van der Waals surface area contributed by atoms with E-state index in [4.69, 9.17) is 27.9 Å². The monoisotopic (exact) mass is 452 g/mol. The van der Waals surface area contributed by atoms with Crippen LogP contribution in [0, 0.1) is 0 Å². The molecule has 4 rings (SSSR count). The Labute approximate surface area is 189 Å². The number of rotatable bonds is 5. The van der Waals surface area contributed by atoms with E-state index < -0.39 is 5.91 Å². The fourth-order valence-electron chi connectivity index (χ4n) is 3.19. The fraction of sp³-hybridized carbons (Fsp3) is 0.0833. The maximum atomic E-state index is 13.2. The third-order valence-corrected chi connectivity index (χ3v) is 5.47. The second-order valence-corrected chi connectivity index (χ2v) is 7.67. The summed E-state index contributed by atoms with van der Waals surface area (Å²) in [6, 6.07) is 21.5. The third-order valence-electron chi connectivity index (χ3n) is 4.76. The summed E-state index contributed by atoms with van der Waals surface area (Å²) in [5, 5.41) is 3.88. The van der Waals surface area contributed by atoms with Crippen molar-refractivity contribution in [1.29, 1.82) is 0 Å². The molecule has 5 nitrogen and oxygen atoms in total. The van der Waals surface area contributed by atoms with Crippen LogP contribution < -0.4 is 15.0 Å². The van der Waals surface area contributed by atoms with Crippen LogP contribution in [0.25, 0.3) is 6.08 Å². The van der Waals surface area contributed by atoms with E-state index in [2.05, 4.69) is 5.32 Å². The van der Waals surface area contributed by atoms with Gasteiger partial charge in [0.15, 0.2) is 11.5 Å². The van der Waals surface area contributed by atoms with E-state index in [9.17, 15) is 9.59 Å². The minimum Gasteiger partial charge on any atom is -0.449 e. The standard InChI is InChI=1S/C24H18Cl2N2O3/c25-18-9-3-1-7-16(18)13-22-24(30)28(20-11-5-6-12-21(20)31-22)15-23(29)27-14-17-8-2-4-10-19(17)26/h1-13H,14-15H2,(H,27,29)/b22-13+. The van der Waals surface area contributed by atoms with E-state index in [-0.39, 0.29) is 24.8 Å². The molecule has 0 radical (unpaired) electrons. The zero-order valence-electron chi connectivity index (χ0n) is 16.3. The highest BCUT2D eigenvalue weighted by atomic mass is 35.5. The topological polar surface area (TPSA) is 58.6 Å². The predicted molar refractivity (Wildman–Crippen MR) is 122 cm³/mol. The smallest absolute Gasteiger partial charge is 0.294 e. The molecule has 0 saturated heterocycles. The van der Waals surface area contributed by atoms with Gasteiger partial charge in [-0.2, -0.15) is 0 Å². The molecule has 156 valence electrons. The van der Waals surface area contributed by atoms with E-state index in [1.165, 1.54) is 4.90 Å². The van der Waals surface area contributed by atoms with E-state index in [0.29, 0.717) is 27.0 Å². The number of halogens is 2. The first-order valence-corrected chi connectivity index (χ1v) is 10.3. The Bertz CT molecular complexity index is 1180. The molecule has 0 unspecified atom stereocenters. The van der Waals surface area contributed by atoms with Gasteiger partial charge in [0.1, 0.15) is 6.54 Å². The maximum absolute atomic E-state index is 13.2.